The van der Waals surface area contributed by atoms with Crippen molar-refractivity contribution < 1.29 is 14.3 Å². The molecule has 0 aliphatic carbocycles. The zero-order valence-corrected chi connectivity index (χ0v) is 12.4. The van der Waals surface area contributed by atoms with Crippen molar-refractivity contribution >= 4 is 29.0 Å². The Labute approximate surface area is 122 Å². The first-order valence-corrected chi connectivity index (χ1v) is 7.10. The largest absolute Gasteiger partial charge is 0.492 e. The van der Waals surface area contributed by atoms with Crippen molar-refractivity contribution in [2.75, 3.05) is 6.61 Å². The molecule has 104 valence electrons. The van der Waals surface area contributed by atoms with Crippen LogP contribution < -0.4 is 4.74 Å². The normalized spacial score (nSPS) is 22.5. The van der Waals surface area contributed by atoms with Crippen LogP contribution in [0.5, 0.6) is 5.75 Å². The van der Waals surface area contributed by atoms with Gasteiger partial charge in [0.2, 0.25) is 0 Å². The molecule has 0 saturated carbocycles. The smallest absolute Gasteiger partial charge is 0.193 e. The molecule has 0 radical (unpaired) electrons. The van der Waals surface area contributed by atoms with E-state index in [1.165, 1.54) is 0 Å². The molecule has 0 N–H and O–H groups in total. The molecule has 1 aromatic rings. The Bertz CT molecular complexity index is 488. The van der Waals surface area contributed by atoms with Gasteiger partial charge >= 0.3 is 0 Å². The number of ether oxygens (including phenoxy) is 2. The Morgan fingerprint density at radius 2 is 2.11 bits per heavy atom. The molecule has 19 heavy (non-hydrogen) atoms. The Morgan fingerprint density at radius 1 is 1.37 bits per heavy atom. The Hall–Kier alpha value is -0.770. The van der Waals surface area contributed by atoms with E-state index in [2.05, 4.69) is 0 Å². The first kappa shape index (κ1) is 14.6. The lowest BCUT2D eigenvalue weighted by molar-refractivity contribution is 0.0433. The van der Waals surface area contributed by atoms with Crippen LogP contribution in [0.4, 0.5) is 0 Å². The standard InChI is InChI=1S/C14H16Cl2O3/c1-3-18-13-7-10(15)9(6-11(13)16)14(17)12-5-4-8(2)19-12/h6-8,12H,3-5H2,1-2H3. The predicted molar refractivity (Wildman–Crippen MR) is 75.5 cm³/mol. The van der Waals surface area contributed by atoms with Crippen LogP contribution in [0.3, 0.4) is 0 Å². The molecular weight excluding hydrogens is 287 g/mol. The quantitative estimate of drug-likeness (QED) is 0.784. The minimum atomic E-state index is -0.415. The Kier molecular flexibility index (Phi) is 4.71. The fourth-order valence-electron chi connectivity index (χ4n) is 2.15. The van der Waals surface area contributed by atoms with Gasteiger partial charge in [-0.1, -0.05) is 23.2 Å². The summed E-state index contributed by atoms with van der Waals surface area (Å²) in [5.74, 6) is 0.380. The average molecular weight is 303 g/mol. The molecule has 0 spiro atoms. The van der Waals surface area contributed by atoms with Gasteiger partial charge in [-0.3, -0.25) is 4.79 Å². The minimum Gasteiger partial charge on any atom is -0.492 e. The third kappa shape index (κ3) is 3.22. The lowest BCUT2D eigenvalue weighted by Crippen LogP contribution is -2.21. The monoisotopic (exact) mass is 302 g/mol. The van der Waals surface area contributed by atoms with Crippen molar-refractivity contribution in [1.82, 2.24) is 0 Å². The lowest BCUT2D eigenvalue weighted by atomic mass is 10.0. The highest BCUT2D eigenvalue weighted by Gasteiger charge is 2.30. The number of benzene rings is 1. The van der Waals surface area contributed by atoms with Crippen LogP contribution in [-0.2, 0) is 4.74 Å². The summed E-state index contributed by atoms with van der Waals surface area (Å²) in [4.78, 5) is 12.3. The summed E-state index contributed by atoms with van der Waals surface area (Å²) in [6.07, 6.45) is 1.31. The van der Waals surface area contributed by atoms with Crippen molar-refractivity contribution in [2.24, 2.45) is 0 Å². The van der Waals surface area contributed by atoms with Gasteiger partial charge in [0.25, 0.3) is 0 Å². The van der Waals surface area contributed by atoms with Crippen LogP contribution in [-0.4, -0.2) is 24.6 Å². The molecule has 1 aliphatic rings. The number of carbonyl (C=O) groups is 1. The molecule has 0 bridgehead atoms. The average Bonchev–Trinajstić information content (AvgIpc) is 2.79. The highest BCUT2D eigenvalue weighted by Crippen LogP contribution is 2.33. The van der Waals surface area contributed by atoms with E-state index in [-0.39, 0.29) is 11.9 Å². The maximum atomic E-state index is 12.3. The van der Waals surface area contributed by atoms with Crippen molar-refractivity contribution in [2.45, 2.75) is 38.9 Å². The molecule has 0 amide bonds. The summed E-state index contributed by atoms with van der Waals surface area (Å²) in [6, 6.07) is 3.14. The van der Waals surface area contributed by atoms with Gasteiger partial charge in [0.1, 0.15) is 11.9 Å². The van der Waals surface area contributed by atoms with Crippen LogP contribution in [0, 0.1) is 0 Å². The number of ketones is 1. The summed E-state index contributed by atoms with van der Waals surface area (Å²) in [5, 5.41) is 0.738. The molecule has 2 unspecified atom stereocenters. The van der Waals surface area contributed by atoms with E-state index in [1.54, 1.807) is 12.1 Å². The van der Waals surface area contributed by atoms with Gasteiger partial charge in [0, 0.05) is 11.6 Å². The molecule has 1 aliphatic heterocycles. The molecule has 1 fully saturated rings. The van der Waals surface area contributed by atoms with Crippen LogP contribution in [0.2, 0.25) is 10.0 Å². The lowest BCUT2D eigenvalue weighted by Gasteiger charge is -2.13. The first-order chi connectivity index (χ1) is 9.02. The highest BCUT2D eigenvalue weighted by molar-refractivity contribution is 6.37. The molecule has 2 atom stereocenters. The van der Waals surface area contributed by atoms with Crippen molar-refractivity contribution in [3.63, 3.8) is 0 Å². The third-order valence-corrected chi connectivity index (χ3v) is 3.72. The van der Waals surface area contributed by atoms with Gasteiger partial charge < -0.3 is 9.47 Å². The number of carbonyl (C=O) groups excluding carboxylic acids is 1. The topological polar surface area (TPSA) is 35.5 Å². The summed E-state index contributed by atoms with van der Waals surface area (Å²) in [7, 11) is 0. The van der Waals surface area contributed by atoms with E-state index in [4.69, 9.17) is 32.7 Å². The van der Waals surface area contributed by atoms with Crippen molar-refractivity contribution in [3.8, 4) is 5.75 Å². The second-order valence-electron chi connectivity index (χ2n) is 4.57. The van der Waals surface area contributed by atoms with E-state index in [0.717, 1.165) is 12.8 Å². The maximum Gasteiger partial charge on any atom is 0.193 e. The maximum absolute atomic E-state index is 12.3. The molecule has 3 nitrogen and oxygen atoms in total. The number of hydrogen-bond donors (Lipinski definition) is 0. The molecule has 0 aromatic heterocycles. The number of hydrogen-bond acceptors (Lipinski definition) is 3. The summed E-state index contributed by atoms with van der Waals surface area (Å²) >= 11 is 12.2. The molecule has 1 aromatic carbocycles. The van der Waals surface area contributed by atoms with Gasteiger partial charge in [0.15, 0.2) is 5.78 Å². The van der Waals surface area contributed by atoms with Crippen molar-refractivity contribution in [1.29, 1.82) is 0 Å². The van der Waals surface area contributed by atoms with Crippen LogP contribution in [0.15, 0.2) is 12.1 Å². The summed E-state index contributed by atoms with van der Waals surface area (Å²) < 4.78 is 10.9. The summed E-state index contributed by atoms with van der Waals surface area (Å²) in [5.41, 5.74) is 0.397. The van der Waals surface area contributed by atoms with Crippen LogP contribution in [0.25, 0.3) is 0 Å². The number of halogens is 2. The van der Waals surface area contributed by atoms with E-state index in [9.17, 15) is 4.79 Å². The SMILES string of the molecule is CCOc1cc(Cl)c(C(=O)C2CCC(C)O2)cc1Cl. The second-order valence-corrected chi connectivity index (χ2v) is 5.39. The fourth-order valence-corrected chi connectivity index (χ4v) is 2.62. The fraction of sp³-hybridized carbons (Fsp3) is 0.500. The molecule has 1 heterocycles. The van der Waals surface area contributed by atoms with Gasteiger partial charge in [-0.05, 0) is 32.8 Å². The summed E-state index contributed by atoms with van der Waals surface area (Å²) in [6.45, 7) is 4.31. The predicted octanol–water partition coefficient (Wildman–Crippen LogP) is 4.14. The van der Waals surface area contributed by atoms with Gasteiger partial charge in [-0.25, -0.2) is 0 Å². The minimum absolute atomic E-state index is 0.112. The zero-order chi connectivity index (χ0) is 14.0. The number of rotatable bonds is 4. The zero-order valence-electron chi connectivity index (χ0n) is 10.9. The van der Waals surface area contributed by atoms with Gasteiger partial charge in [-0.2, -0.15) is 0 Å². The van der Waals surface area contributed by atoms with E-state index >= 15 is 0 Å². The van der Waals surface area contributed by atoms with E-state index < -0.39 is 6.10 Å². The van der Waals surface area contributed by atoms with Crippen molar-refractivity contribution in [3.05, 3.63) is 27.7 Å². The van der Waals surface area contributed by atoms with E-state index in [0.29, 0.717) is 28.0 Å². The molecule has 5 heteroatoms. The molecule has 1 saturated heterocycles. The Morgan fingerprint density at radius 3 is 2.68 bits per heavy atom. The number of Topliss-reactive ketones (excluding diaryl/α,β-unsaturated/α-hetero) is 1. The van der Waals surface area contributed by atoms with E-state index in [1.807, 2.05) is 13.8 Å². The third-order valence-electron chi connectivity index (χ3n) is 3.11. The van der Waals surface area contributed by atoms with Gasteiger partial charge in [0.05, 0.1) is 22.8 Å². The highest BCUT2D eigenvalue weighted by atomic mass is 35.5. The molecule has 2 rings (SSSR count). The Balaban J connectivity index is 2.25. The van der Waals surface area contributed by atoms with Gasteiger partial charge in [-0.15, -0.1) is 0 Å². The van der Waals surface area contributed by atoms with Crippen LogP contribution >= 0.6 is 23.2 Å². The second kappa shape index (κ2) is 6.12. The first-order valence-electron chi connectivity index (χ1n) is 6.34. The van der Waals surface area contributed by atoms with Crippen LogP contribution in [0.1, 0.15) is 37.0 Å². The molecular formula is C14H16Cl2O3.